The third-order valence-corrected chi connectivity index (χ3v) is 7.84. The number of hydrogen-bond donors (Lipinski definition) is 1. The maximum Gasteiger partial charge on any atom is 0.104 e. The van der Waals surface area contributed by atoms with Crippen LogP contribution < -0.4 is 0 Å². The Labute approximate surface area is 173 Å². The largest absolute Gasteiger partial charge is 0.501 e. The van der Waals surface area contributed by atoms with Crippen LogP contribution >= 0.6 is 0 Å². The molecule has 3 rings (SSSR count). The van der Waals surface area contributed by atoms with Gasteiger partial charge in [0.15, 0.2) is 0 Å². The molecule has 0 bridgehead atoms. The molecule has 5 nitrogen and oxygen atoms in total. The molecule has 0 heterocycles. The zero-order valence-corrected chi connectivity index (χ0v) is 17.8. The lowest BCUT2D eigenvalue weighted by Crippen LogP contribution is -2.47. The molecule has 1 aliphatic carbocycles. The zero-order chi connectivity index (χ0) is 20.7. The van der Waals surface area contributed by atoms with Crippen molar-refractivity contribution >= 4 is 9.73 Å². The number of nitrogens with zero attached hydrogens (tertiary/aromatic N) is 1. The van der Waals surface area contributed by atoms with E-state index < -0.39 is 15.3 Å². The molecule has 0 saturated carbocycles. The summed E-state index contributed by atoms with van der Waals surface area (Å²) in [5.74, 6) is 0.515. The minimum absolute atomic E-state index is 0.00668. The molecule has 1 aliphatic rings. The Morgan fingerprint density at radius 2 is 1.79 bits per heavy atom. The predicted molar refractivity (Wildman–Crippen MR) is 115 cm³/mol. The fraction of sp³-hybridized carbons (Fsp3) is 0.391. The van der Waals surface area contributed by atoms with Crippen LogP contribution in [0.25, 0.3) is 0 Å². The van der Waals surface area contributed by atoms with E-state index in [9.17, 15) is 9.32 Å². The van der Waals surface area contributed by atoms with Gasteiger partial charge in [0.1, 0.15) is 5.60 Å². The molecule has 0 fully saturated rings. The second-order valence-electron chi connectivity index (χ2n) is 7.32. The van der Waals surface area contributed by atoms with Crippen molar-refractivity contribution in [3.8, 4) is 0 Å². The summed E-state index contributed by atoms with van der Waals surface area (Å²) in [4.78, 5) is 0.623. The van der Waals surface area contributed by atoms with Crippen LogP contribution in [0.3, 0.4) is 0 Å². The molecule has 0 saturated heterocycles. The quantitative estimate of drug-likeness (QED) is 0.707. The van der Waals surface area contributed by atoms with Crippen molar-refractivity contribution in [1.82, 2.24) is 0 Å². The third-order valence-electron chi connectivity index (χ3n) is 5.38. The number of methoxy groups -OCH3 is 1. The standard InChI is InChI=1S/C23H29NO4S/c1-24-29(26,22-11-7-4-8-12-22)18-23(25)15-21(27-2)14-13-20(23)17-28-16-19-9-5-3-6-10-19/h3-12,15,20,25H,13-14,16-18H2,1-2H3. The fourth-order valence-corrected chi connectivity index (χ4v) is 5.71. The second-order valence-corrected chi connectivity index (χ2v) is 9.73. The van der Waals surface area contributed by atoms with E-state index in [1.54, 1.807) is 32.4 Å². The SMILES string of the molecule is CN=S(=O)(CC1(O)C=C(OC)CCC1COCc1ccccc1)c1ccccc1. The van der Waals surface area contributed by atoms with E-state index in [0.29, 0.717) is 36.7 Å². The van der Waals surface area contributed by atoms with E-state index in [1.807, 2.05) is 48.5 Å². The van der Waals surface area contributed by atoms with Gasteiger partial charge in [-0.3, -0.25) is 0 Å². The normalized spacial score (nSPS) is 23.7. The Morgan fingerprint density at radius 1 is 1.14 bits per heavy atom. The van der Waals surface area contributed by atoms with Crippen LogP contribution in [0, 0.1) is 5.92 Å². The van der Waals surface area contributed by atoms with Crippen molar-refractivity contribution in [2.45, 2.75) is 29.9 Å². The average Bonchev–Trinajstić information content (AvgIpc) is 2.76. The highest BCUT2D eigenvalue weighted by Crippen LogP contribution is 2.36. The summed E-state index contributed by atoms with van der Waals surface area (Å²) in [5.41, 5.74) is -0.246. The first kappa shape index (κ1) is 21.6. The van der Waals surface area contributed by atoms with E-state index in [2.05, 4.69) is 4.36 Å². The second kappa shape index (κ2) is 9.57. The Morgan fingerprint density at radius 3 is 2.41 bits per heavy atom. The summed E-state index contributed by atoms with van der Waals surface area (Å²) >= 11 is 0. The van der Waals surface area contributed by atoms with Gasteiger partial charge in [0.25, 0.3) is 0 Å². The van der Waals surface area contributed by atoms with Crippen LogP contribution in [-0.4, -0.2) is 41.4 Å². The lowest BCUT2D eigenvalue weighted by molar-refractivity contribution is -0.0254. The molecule has 2 aromatic carbocycles. The molecule has 0 aliphatic heterocycles. The Hall–Kier alpha value is -2.15. The third kappa shape index (κ3) is 5.26. The molecule has 2 aromatic rings. The maximum atomic E-state index is 13.6. The van der Waals surface area contributed by atoms with Crippen molar-refractivity contribution in [2.75, 3.05) is 26.5 Å². The molecule has 1 N–H and O–H groups in total. The van der Waals surface area contributed by atoms with Crippen LogP contribution in [0.1, 0.15) is 18.4 Å². The van der Waals surface area contributed by atoms with Crippen molar-refractivity contribution in [2.24, 2.45) is 10.3 Å². The number of ether oxygens (including phenoxy) is 2. The Balaban J connectivity index is 1.81. The Kier molecular flexibility index (Phi) is 7.11. The highest BCUT2D eigenvalue weighted by molar-refractivity contribution is 7.93. The van der Waals surface area contributed by atoms with Crippen molar-refractivity contribution in [1.29, 1.82) is 0 Å². The number of benzene rings is 2. The number of allylic oxidation sites excluding steroid dienone is 1. The fourth-order valence-electron chi connectivity index (χ4n) is 3.68. The van der Waals surface area contributed by atoms with Gasteiger partial charge in [-0.05, 0) is 30.2 Å². The first-order valence-corrected chi connectivity index (χ1v) is 11.5. The lowest BCUT2D eigenvalue weighted by atomic mass is 9.81. The molecule has 3 unspecified atom stereocenters. The first-order valence-electron chi connectivity index (χ1n) is 9.77. The maximum absolute atomic E-state index is 13.6. The highest BCUT2D eigenvalue weighted by atomic mass is 32.2. The topological polar surface area (TPSA) is 68.1 Å². The van der Waals surface area contributed by atoms with E-state index in [4.69, 9.17) is 9.47 Å². The van der Waals surface area contributed by atoms with E-state index in [1.165, 1.54) is 0 Å². The lowest BCUT2D eigenvalue weighted by Gasteiger charge is -2.38. The number of aliphatic hydroxyl groups is 1. The summed E-state index contributed by atoms with van der Waals surface area (Å²) in [5, 5.41) is 11.6. The van der Waals surface area contributed by atoms with E-state index >= 15 is 0 Å². The van der Waals surface area contributed by atoms with Gasteiger partial charge >= 0.3 is 0 Å². The first-order chi connectivity index (χ1) is 14.0. The smallest absolute Gasteiger partial charge is 0.104 e. The van der Waals surface area contributed by atoms with Crippen LogP contribution in [0.2, 0.25) is 0 Å². The zero-order valence-electron chi connectivity index (χ0n) is 17.0. The average molecular weight is 416 g/mol. The van der Waals surface area contributed by atoms with Gasteiger partial charge in [0.2, 0.25) is 0 Å². The van der Waals surface area contributed by atoms with Gasteiger partial charge in [-0.15, -0.1) is 0 Å². The van der Waals surface area contributed by atoms with Crippen LogP contribution in [-0.2, 0) is 25.8 Å². The Bertz CT molecular complexity index is 936. The summed E-state index contributed by atoms with van der Waals surface area (Å²) < 4.78 is 29.2. The van der Waals surface area contributed by atoms with Crippen molar-refractivity contribution in [3.63, 3.8) is 0 Å². The molecule has 0 amide bonds. The van der Waals surface area contributed by atoms with E-state index in [0.717, 1.165) is 5.56 Å². The van der Waals surface area contributed by atoms with Crippen LogP contribution in [0.15, 0.2) is 81.8 Å². The summed E-state index contributed by atoms with van der Waals surface area (Å²) in [6.07, 6.45) is 3.12. The highest BCUT2D eigenvalue weighted by Gasteiger charge is 2.42. The molecule has 0 aromatic heterocycles. The number of rotatable bonds is 8. The molecule has 156 valence electrons. The molecule has 0 radical (unpaired) electrons. The van der Waals surface area contributed by atoms with Gasteiger partial charge in [-0.1, -0.05) is 48.5 Å². The molecular formula is C23H29NO4S. The van der Waals surface area contributed by atoms with Crippen LogP contribution in [0.5, 0.6) is 0 Å². The summed E-state index contributed by atoms with van der Waals surface area (Å²) in [7, 11) is 0.353. The molecule has 29 heavy (non-hydrogen) atoms. The van der Waals surface area contributed by atoms with Crippen LogP contribution in [0.4, 0.5) is 0 Å². The molecule has 6 heteroatoms. The summed E-state index contributed by atoms with van der Waals surface area (Å²) in [6, 6.07) is 19.1. The van der Waals surface area contributed by atoms with E-state index in [-0.39, 0.29) is 11.7 Å². The van der Waals surface area contributed by atoms with Crippen molar-refractivity contribution in [3.05, 3.63) is 78.1 Å². The predicted octanol–water partition coefficient (Wildman–Crippen LogP) is 4.03. The summed E-state index contributed by atoms with van der Waals surface area (Å²) in [6.45, 7) is 0.841. The van der Waals surface area contributed by atoms with Gasteiger partial charge in [-0.25, -0.2) is 8.57 Å². The van der Waals surface area contributed by atoms with Gasteiger partial charge in [-0.2, -0.15) is 0 Å². The van der Waals surface area contributed by atoms with Gasteiger partial charge < -0.3 is 14.6 Å². The molecular weight excluding hydrogens is 386 g/mol. The molecule has 0 spiro atoms. The molecule has 3 atom stereocenters. The van der Waals surface area contributed by atoms with Gasteiger partial charge in [0, 0.05) is 24.3 Å². The minimum Gasteiger partial charge on any atom is -0.501 e. The van der Waals surface area contributed by atoms with Crippen molar-refractivity contribution < 1.29 is 18.8 Å². The number of hydrogen-bond acceptors (Lipinski definition) is 5. The monoisotopic (exact) mass is 415 g/mol. The minimum atomic E-state index is -2.79. The van der Waals surface area contributed by atoms with Gasteiger partial charge in [0.05, 0.1) is 41.6 Å².